The van der Waals surface area contributed by atoms with Crippen molar-refractivity contribution in [2.45, 2.75) is 64.6 Å². The lowest BCUT2D eigenvalue weighted by Gasteiger charge is -2.32. The summed E-state index contributed by atoms with van der Waals surface area (Å²) in [5.41, 5.74) is 4.27. The number of hydrogen-bond donors (Lipinski definition) is 0. The Morgan fingerprint density at radius 1 is 0.750 bits per heavy atom. The molecule has 4 heteroatoms. The van der Waals surface area contributed by atoms with Crippen molar-refractivity contribution >= 4 is 20.8 Å². The van der Waals surface area contributed by atoms with Crippen molar-refractivity contribution in [2.24, 2.45) is 0 Å². The average molecular weight is 392 g/mol. The van der Waals surface area contributed by atoms with E-state index in [9.17, 15) is 0 Å². The minimum Gasteiger partial charge on any atom is -0.400 e. The Labute approximate surface area is 172 Å². The van der Waals surface area contributed by atoms with Gasteiger partial charge in [0.1, 0.15) is 0 Å². The molecule has 1 fully saturated rings. The standard InChI is InChI=1S/C24H33BO2Si/c1-23(2)24(3,4)27-25(26-23)21(18-28(5,6)7)22(19-14-10-8-11-15-19)20-16-12-9-13-17-20/h8-17H,18H2,1-7H3. The van der Waals surface area contributed by atoms with Gasteiger partial charge in [-0.05, 0) is 55.9 Å². The molecule has 0 radical (unpaired) electrons. The van der Waals surface area contributed by atoms with Crippen LogP contribution in [0.15, 0.2) is 66.1 Å². The molecule has 148 valence electrons. The van der Waals surface area contributed by atoms with Gasteiger partial charge >= 0.3 is 7.12 Å². The Morgan fingerprint density at radius 3 is 1.50 bits per heavy atom. The first-order chi connectivity index (χ1) is 13.0. The largest absolute Gasteiger partial charge is 0.490 e. The van der Waals surface area contributed by atoms with Crippen LogP contribution in [0, 0.1) is 0 Å². The van der Waals surface area contributed by atoms with Crippen LogP contribution in [0.25, 0.3) is 5.57 Å². The van der Waals surface area contributed by atoms with Crippen LogP contribution >= 0.6 is 0 Å². The van der Waals surface area contributed by atoms with E-state index in [0.717, 1.165) is 6.04 Å². The van der Waals surface area contributed by atoms with Crippen molar-refractivity contribution in [3.8, 4) is 0 Å². The molecule has 0 spiro atoms. The van der Waals surface area contributed by atoms with E-state index < -0.39 is 8.07 Å². The van der Waals surface area contributed by atoms with E-state index >= 15 is 0 Å². The van der Waals surface area contributed by atoms with Crippen molar-refractivity contribution in [2.75, 3.05) is 0 Å². The first-order valence-electron chi connectivity index (χ1n) is 10.2. The Balaban J connectivity index is 2.23. The van der Waals surface area contributed by atoms with Crippen LogP contribution in [-0.2, 0) is 9.31 Å². The molecular formula is C24H33BO2Si. The van der Waals surface area contributed by atoms with E-state index in [1.165, 1.54) is 22.2 Å². The summed E-state index contributed by atoms with van der Waals surface area (Å²) in [6.45, 7) is 15.7. The molecule has 0 N–H and O–H groups in total. The summed E-state index contributed by atoms with van der Waals surface area (Å²) in [4.78, 5) is 0. The number of benzene rings is 2. The fourth-order valence-electron chi connectivity index (χ4n) is 3.59. The van der Waals surface area contributed by atoms with Gasteiger partial charge in [0.25, 0.3) is 0 Å². The molecule has 0 bridgehead atoms. The quantitative estimate of drug-likeness (QED) is 0.544. The molecular weight excluding hydrogens is 359 g/mol. The zero-order valence-electron chi connectivity index (χ0n) is 18.4. The molecule has 2 aromatic rings. The summed E-state index contributed by atoms with van der Waals surface area (Å²) in [5.74, 6) is 0. The maximum Gasteiger partial charge on any atom is 0.490 e. The van der Waals surface area contributed by atoms with E-state index in [0.29, 0.717) is 0 Å². The van der Waals surface area contributed by atoms with Crippen molar-refractivity contribution in [1.29, 1.82) is 0 Å². The van der Waals surface area contributed by atoms with Gasteiger partial charge in [0.2, 0.25) is 0 Å². The van der Waals surface area contributed by atoms with E-state index in [2.05, 4.69) is 108 Å². The lowest BCUT2D eigenvalue weighted by Crippen LogP contribution is -2.41. The van der Waals surface area contributed by atoms with Crippen molar-refractivity contribution < 1.29 is 9.31 Å². The van der Waals surface area contributed by atoms with Gasteiger partial charge in [0, 0.05) is 8.07 Å². The lowest BCUT2D eigenvalue weighted by molar-refractivity contribution is 0.00578. The molecule has 3 rings (SSSR count). The number of hydrogen-bond acceptors (Lipinski definition) is 2. The molecule has 1 heterocycles. The first-order valence-corrected chi connectivity index (χ1v) is 13.9. The highest BCUT2D eigenvalue weighted by Gasteiger charge is 2.53. The van der Waals surface area contributed by atoms with E-state index in [-0.39, 0.29) is 18.3 Å². The maximum atomic E-state index is 6.54. The maximum absolute atomic E-state index is 6.54. The minimum atomic E-state index is -1.43. The Hall–Kier alpha value is -1.62. The molecule has 0 atom stereocenters. The summed E-state index contributed by atoms with van der Waals surface area (Å²) in [7, 11) is -1.75. The predicted octanol–water partition coefficient (Wildman–Crippen LogP) is 6.46. The highest BCUT2D eigenvalue weighted by Crippen LogP contribution is 2.43. The lowest BCUT2D eigenvalue weighted by atomic mass is 9.73. The van der Waals surface area contributed by atoms with E-state index in [4.69, 9.17) is 9.31 Å². The van der Waals surface area contributed by atoms with Crippen LogP contribution in [0.1, 0.15) is 38.8 Å². The summed E-state index contributed by atoms with van der Waals surface area (Å²) in [6, 6.07) is 22.4. The van der Waals surface area contributed by atoms with Gasteiger partial charge in [-0.3, -0.25) is 0 Å². The van der Waals surface area contributed by atoms with Crippen LogP contribution in [0.4, 0.5) is 0 Å². The molecule has 2 nitrogen and oxygen atoms in total. The van der Waals surface area contributed by atoms with Gasteiger partial charge in [-0.15, -0.1) is 0 Å². The third-order valence-corrected chi connectivity index (χ3v) is 7.15. The van der Waals surface area contributed by atoms with Crippen LogP contribution in [0.5, 0.6) is 0 Å². The topological polar surface area (TPSA) is 18.5 Å². The fraction of sp³-hybridized carbons (Fsp3) is 0.417. The second-order valence-electron chi connectivity index (χ2n) is 9.96. The molecule has 0 aliphatic carbocycles. The zero-order chi connectivity index (χ0) is 20.6. The second kappa shape index (κ2) is 7.66. The monoisotopic (exact) mass is 392 g/mol. The van der Waals surface area contributed by atoms with Gasteiger partial charge in [-0.2, -0.15) is 0 Å². The third-order valence-electron chi connectivity index (χ3n) is 5.70. The van der Waals surface area contributed by atoms with Gasteiger partial charge in [-0.25, -0.2) is 0 Å². The average Bonchev–Trinajstić information content (AvgIpc) is 2.83. The molecule has 1 aliphatic heterocycles. The van der Waals surface area contributed by atoms with Crippen molar-refractivity contribution in [3.63, 3.8) is 0 Å². The second-order valence-corrected chi connectivity index (χ2v) is 15.4. The first kappa shape index (κ1) is 21.1. The summed E-state index contributed by atoms with van der Waals surface area (Å²) >= 11 is 0. The van der Waals surface area contributed by atoms with Crippen LogP contribution in [-0.4, -0.2) is 26.4 Å². The van der Waals surface area contributed by atoms with Crippen LogP contribution in [0.3, 0.4) is 0 Å². The summed E-state index contributed by atoms with van der Waals surface area (Å²) < 4.78 is 13.1. The zero-order valence-corrected chi connectivity index (χ0v) is 19.4. The van der Waals surface area contributed by atoms with Gasteiger partial charge < -0.3 is 9.31 Å². The Kier molecular flexibility index (Phi) is 5.77. The summed E-state index contributed by atoms with van der Waals surface area (Å²) in [6.07, 6.45) is 0. The molecule has 0 aromatic heterocycles. The number of allylic oxidation sites excluding steroid dienone is 1. The van der Waals surface area contributed by atoms with E-state index in [1.54, 1.807) is 0 Å². The Bertz CT molecular complexity index is 778. The molecule has 2 aromatic carbocycles. The highest BCUT2D eigenvalue weighted by atomic mass is 28.3. The van der Waals surface area contributed by atoms with Crippen LogP contribution < -0.4 is 0 Å². The third kappa shape index (κ3) is 4.51. The van der Waals surface area contributed by atoms with Crippen molar-refractivity contribution in [3.05, 3.63) is 77.3 Å². The number of rotatable bonds is 5. The molecule has 28 heavy (non-hydrogen) atoms. The van der Waals surface area contributed by atoms with Gasteiger partial charge in [0.05, 0.1) is 11.2 Å². The van der Waals surface area contributed by atoms with Gasteiger partial charge in [-0.1, -0.05) is 80.3 Å². The fourth-order valence-corrected chi connectivity index (χ4v) is 5.08. The highest BCUT2D eigenvalue weighted by molar-refractivity contribution is 6.79. The molecule has 0 unspecified atom stereocenters. The van der Waals surface area contributed by atoms with Crippen LogP contribution in [0.2, 0.25) is 25.7 Å². The van der Waals surface area contributed by atoms with Crippen molar-refractivity contribution in [1.82, 2.24) is 0 Å². The molecule has 1 aliphatic rings. The normalized spacial score (nSPS) is 18.2. The molecule has 1 saturated heterocycles. The molecule has 0 saturated carbocycles. The van der Waals surface area contributed by atoms with E-state index in [1.807, 2.05) is 0 Å². The smallest absolute Gasteiger partial charge is 0.400 e. The molecule has 0 amide bonds. The Morgan fingerprint density at radius 2 is 1.14 bits per heavy atom. The SMILES string of the molecule is CC1(C)OB(C(C[Si](C)(C)C)=C(c2ccccc2)c2ccccc2)OC1(C)C. The van der Waals surface area contributed by atoms with Gasteiger partial charge in [0.15, 0.2) is 0 Å². The summed E-state index contributed by atoms with van der Waals surface area (Å²) in [5, 5.41) is 0. The predicted molar refractivity (Wildman–Crippen MR) is 123 cm³/mol. The minimum absolute atomic E-state index is 0.327.